The van der Waals surface area contributed by atoms with Crippen LogP contribution in [0, 0.1) is 0 Å². The minimum atomic E-state index is 0.460. The van der Waals surface area contributed by atoms with E-state index in [0.29, 0.717) is 24.7 Å². The summed E-state index contributed by atoms with van der Waals surface area (Å²) in [7, 11) is 0. The molecule has 2 rings (SSSR count). The summed E-state index contributed by atoms with van der Waals surface area (Å²) in [6.45, 7) is 3.06. The molecule has 0 atom stereocenters. The van der Waals surface area contributed by atoms with Gasteiger partial charge in [0, 0.05) is 6.20 Å². The van der Waals surface area contributed by atoms with Crippen LogP contribution in [0.4, 0.5) is 11.5 Å². The highest BCUT2D eigenvalue weighted by Gasteiger charge is 2.03. The second-order valence-corrected chi connectivity index (χ2v) is 3.46. The summed E-state index contributed by atoms with van der Waals surface area (Å²) < 4.78 is 5.32. The quantitative estimate of drug-likeness (QED) is 0.726. The number of ether oxygens (including phenoxy) is 1. The van der Waals surface area contributed by atoms with Crippen molar-refractivity contribution in [1.82, 2.24) is 15.2 Å². The van der Waals surface area contributed by atoms with Gasteiger partial charge in [-0.25, -0.2) is 0 Å². The molecule has 4 N–H and O–H groups in total. The molecule has 0 amide bonds. The second-order valence-electron chi connectivity index (χ2n) is 3.46. The number of rotatable bonds is 5. The van der Waals surface area contributed by atoms with Gasteiger partial charge in [0.1, 0.15) is 5.82 Å². The topological polar surface area (TPSA) is 88.8 Å². The molecule has 2 aromatic rings. The number of nitrogens with zero attached hydrogens (tertiary/aromatic N) is 2. The van der Waals surface area contributed by atoms with E-state index in [1.54, 1.807) is 12.3 Å². The Labute approximate surface area is 99.2 Å². The van der Waals surface area contributed by atoms with Gasteiger partial charge in [-0.3, -0.25) is 5.10 Å². The second kappa shape index (κ2) is 5.20. The normalized spacial score (nSPS) is 10.2. The van der Waals surface area contributed by atoms with E-state index >= 15 is 0 Å². The molecule has 0 fully saturated rings. The zero-order valence-electron chi connectivity index (χ0n) is 9.60. The van der Waals surface area contributed by atoms with E-state index in [2.05, 4.69) is 20.5 Å². The smallest absolute Gasteiger partial charge is 0.239 e. The Morgan fingerprint density at radius 3 is 3.00 bits per heavy atom. The fourth-order valence-electron chi connectivity index (χ4n) is 1.37. The number of hydrogen-bond acceptors (Lipinski definition) is 5. The van der Waals surface area contributed by atoms with Crippen LogP contribution in [0.25, 0.3) is 0 Å². The number of hydrogen-bond donors (Lipinski definition) is 3. The van der Waals surface area contributed by atoms with Gasteiger partial charge in [-0.15, -0.1) is 0 Å². The molecule has 0 aliphatic carbocycles. The van der Waals surface area contributed by atoms with Gasteiger partial charge >= 0.3 is 0 Å². The summed E-state index contributed by atoms with van der Waals surface area (Å²) >= 11 is 0. The number of nitrogens with two attached hydrogens (primary N) is 1. The van der Waals surface area contributed by atoms with Crippen molar-refractivity contribution in [2.24, 2.45) is 0 Å². The van der Waals surface area contributed by atoms with E-state index in [9.17, 15) is 0 Å². The van der Waals surface area contributed by atoms with Crippen LogP contribution in [-0.2, 0) is 6.54 Å². The molecule has 2 aromatic heterocycles. The summed E-state index contributed by atoms with van der Waals surface area (Å²) in [5, 5.41) is 9.88. The molecule has 0 bridgehead atoms. The standard InChI is InChI=1S/C11H15N5O/c1-2-17-11-9(12)3-4-10(15-11)13-7-8-5-6-14-16-8/h3-6H,2,7,12H2,1H3,(H,13,15)(H,14,16). The van der Waals surface area contributed by atoms with Crippen molar-refractivity contribution in [1.29, 1.82) is 0 Å². The molecule has 17 heavy (non-hydrogen) atoms. The number of pyridine rings is 1. The van der Waals surface area contributed by atoms with Crippen LogP contribution in [0.15, 0.2) is 24.4 Å². The minimum absolute atomic E-state index is 0.460. The van der Waals surface area contributed by atoms with Crippen molar-refractivity contribution in [2.75, 3.05) is 17.7 Å². The molecule has 2 heterocycles. The first-order chi connectivity index (χ1) is 8.29. The lowest BCUT2D eigenvalue weighted by atomic mass is 10.4. The molecule has 0 aliphatic rings. The maximum atomic E-state index is 5.73. The van der Waals surface area contributed by atoms with E-state index in [0.717, 1.165) is 11.5 Å². The molecule has 90 valence electrons. The van der Waals surface area contributed by atoms with Crippen LogP contribution in [0.5, 0.6) is 5.88 Å². The number of nitrogens with one attached hydrogen (secondary N) is 2. The van der Waals surface area contributed by atoms with Gasteiger partial charge in [-0.1, -0.05) is 0 Å². The first-order valence-corrected chi connectivity index (χ1v) is 5.41. The third kappa shape index (κ3) is 2.87. The molecule has 0 aliphatic heterocycles. The van der Waals surface area contributed by atoms with Gasteiger partial charge < -0.3 is 15.8 Å². The van der Waals surface area contributed by atoms with Gasteiger partial charge in [0.2, 0.25) is 5.88 Å². The van der Waals surface area contributed by atoms with Crippen molar-refractivity contribution in [3.8, 4) is 5.88 Å². The van der Waals surface area contributed by atoms with Gasteiger partial charge in [-0.05, 0) is 25.1 Å². The number of nitrogen functional groups attached to an aromatic ring is 1. The Kier molecular flexibility index (Phi) is 3.44. The van der Waals surface area contributed by atoms with Gasteiger partial charge in [0.15, 0.2) is 0 Å². The Hall–Kier alpha value is -2.24. The van der Waals surface area contributed by atoms with Crippen LogP contribution in [-0.4, -0.2) is 21.8 Å². The van der Waals surface area contributed by atoms with Crippen molar-refractivity contribution in [3.63, 3.8) is 0 Å². The monoisotopic (exact) mass is 233 g/mol. The summed E-state index contributed by atoms with van der Waals surface area (Å²) in [4.78, 5) is 4.27. The number of anilines is 2. The van der Waals surface area contributed by atoms with Crippen molar-refractivity contribution in [3.05, 3.63) is 30.1 Å². The highest BCUT2D eigenvalue weighted by atomic mass is 16.5. The molecule has 6 heteroatoms. The molecule has 6 nitrogen and oxygen atoms in total. The van der Waals surface area contributed by atoms with Crippen LogP contribution in [0.3, 0.4) is 0 Å². The number of aromatic amines is 1. The average Bonchev–Trinajstić information content (AvgIpc) is 2.83. The van der Waals surface area contributed by atoms with Gasteiger partial charge in [-0.2, -0.15) is 10.1 Å². The lowest BCUT2D eigenvalue weighted by Gasteiger charge is -2.09. The minimum Gasteiger partial charge on any atom is -0.476 e. The molecule has 0 radical (unpaired) electrons. The zero-order chi connectivity index (χ0) is 12.1. The first kappa shape index (κ1) is 11.3. The van der Waals surface area contributed by atoms with Gasteiger partial charge in [0.05, 0.1) is 24.5 Å². The lowest BCUT2D eigenvalue weighted by molar-refractivity contribution is 0.329. The molecule has 0 spiro atoms. The third-order valence-corrected chi connectivity index (χ3v) is 2.19. The largest absolute Gasteiger partial charge is 0.476 e. The predicted octanol–water partition coefficient (Wildman–Crippen LogP) is 1.40. The third-order valence-electron chi connectivity index (χ3n) is 2.19. The SMILES string of the molecule is CCOc1nc(NCc2ccn[nH]2)ccc1N. The molecule has 0 aromatic carbocycles. The maximum Gasteiger partial charge on any atom is 0.239 e. The van der Waals surface area contributed by atoms with E-state index in [4.69, 9.17) is 10.5 Å². The fraction of sp³-hybridized carbons (Fsp3) is 0.273. The molecular formula is C11H15N5O. The zero-order valence-corrected chi connectivity index (χ0v) is 9.60. The molecular weight excluding hydrogens is 218 g/mol. The molecule has 0 unspecified atom stereocenters. The summed E-state index contributed by atoms with van der Waals surface area (Å²) in [5.41, 5.74) is 7.26. The van der Waals surface area contributed by atoms with Crippen molar-refractivity contribution < 1.29 is 4.74 Å². The van der Waals surface area contributed by atoms with Crippen LogP contribution >= 0.6 is 0 Å². The lowest BCUT2D eigenvalue weighted by Crippen LogP contribution is -2.05. The summed E-state index contributed by atoms with van der Waals surface area (Å²) in [5.74, 6) is 1.18. The maximum absolute atomic E-state index is 5.73. The van der Waals surface area contributed by atoms with Crippen molar-refractivity contribution >= 4 is 11.5 Å². The highest BCUT2D eigenvalue weighted by molar-refractivity contribution is 5.53. The average molecular weight is 233 g/mol. The van der Waals surface area contributed by atoms with Crippen LogP contribution in [0.2, 0.25) is 0 Å². The Morgan fingerprint density at radius 2 is 2.29 bits per heavy atom. The van der Waals surface area contributed by atoms with E-state index in [1.807, 2.05) is 19.1 Å². The number of H-pyrrole nitrogens is 1. The fourth-order valence-corrected chi connectivity index (χ4v) is 1.37. The Bertz CT molecular complexity index is 469. The first-order valence-electron chi connectivity index (χ1n) is 5.41. The van der Waals surface area contributed by atoms with E-state index < -0.39 is 0 Å². The van der Waals surface area contributed by atoms with Gasteiger partial charge in [0.25, 0.3) is 0 Å². The van der Waals surface area contributed by atoms with Crippen LogP contribution in [0.1, 0.15) is 12.6 Å². The molecule has 0 saturated carbocycles. The Morgan fingerprint density at radius 1 is 1.41 bits per heavy atom. The van der Waals surface area contributed by atoms with E-state index in [-0.39, 0.29) is 0 Å². The summed E-state index contributed by atoms with van der Waals surface area (Å²) in [6, 6.07) is 5.48. The highest BCUT2D eigenvalue weighted by Crippen LogP contribution is 2.20. The Balaban J connectivity index is 2.03. The van der Waals surface area contributed by atoms with E-state index in [1.165, 1.54) is 0 Å². The summed E-state index contributed by atoms with van der Waals surface area (Å²) in [6.07, 6.45) is 1.71. The predicted molar refractivity (Wildman–Crippen MR) is 65.7 cm³/mol. The number of aromatic nitrogens is 3. The molecule has 0 saturated heterocycles. The van der Waals surface area contributed by atoms with Crippen molar-refractivity contribution in [2.45, 2.75) is 13.5 Å². The van der Waals surface area contributed by atoms with Crippen LogP contribution < -0.4 is 15.8 Å².